The second kappa shape index (κ2) is 9.52. The van der Waals surface area contributed by atoms with Crippen molar-refractivity contribution in [2.75, 3.05) is 19.0 Å². The van der Waals surface area contributed by atoms with Crippen molar-refractivity contribution in [1.29, 1.82) is 0 Å². The number of thioether (sulfide) groups is 2. The van der Waals surface area contributed by atoms with Gasteiger partial charge in [-0.2, -0.15) is 0 Å². The average molecular weight is 421 g/mol. The lowest BCUT2D eigenvalue weighted by Gasteiger charge is -2.18. The molecule has 0 N–H and O–H groups in total. The zero-order chi connectivity index (χ0) is 20.1. The third-order valence-corrected chi connectivity index (χ3v) is 6.64. The molecule has 0 fully saturated rings. The van der Waals surface area contributed by atoms with Crippen LogP contribution in [-0.4, -0.2) is 39.7 Å². The molecule has 1 atom stereocenters. The van der Waals surface area contributed by atoms with Crippen molar-refractivity contribution in [3.8, 4) is 11.4 Å². The van der Waals surface area contributed by atoms with E-state index in [1.807, 2.05) is 38.1 Å². The molecule has 1 aliphatic heterocycles. The molecular formula is C20H24N2O4S2. The van der Waals surface area contributed by atoms with Gasteiger partial charge in [0, 0.05) is 12.2 Å². The van der Waals surface area contributed by atoms with Crippen LogP contribution in [0.3, 0.4) is 0 Å². The first-order valence-corrected chi connectivity index (χ1v) is 11.3. The van der Waals surface area contributed by atoms with Gasteiger partial charge in [0.2, 0.25) is 0 Å². The summed E-state index contributed by atoms with van der Waals surface area (Å²) in [7, 11) is 0. The maximum Gasteiger partial charge on any atom is 0.319 e. The third kappa shape index (κ3) is 4.38. The van der Waals surface area contributed by atoms with E-state index in [-0.39, 0.29) is 11.5 Å². The largest absolute Gasteiger partial charge is 0.494 e. The highest BCUT2D eigenvalue weighted by Gasteiger charge is 2.27. The molecule has 0 aliphatic carbocycles. The summed E-state index contributed by atoms with van der Waals surface area (Å²) in [4.78, 5) is 30.9. The number of fused-ring (bicyclic) bond motifs is 1. The van der Waals surface area contributed by atoms with Gasteiger partial charge in [-0.05, 0) is 44.5 Å². The number of rotatable bonds is 8. The molecule has 28 heavy (non-hydrogen) atoms. The number of nitrogens with zero attached hydrogens (tertiary/aromatic N) is 2. The van der Waals surface area contributed by atoms with Gasteiger partial charge in [-0.1, -0.05) is 18.7 Å². The predicted octanol–water partition coefficient (Wildman–Crippen LogP) is 3.71. The monoisotopic (exact) mass is 420 g/mol. The van der Waals surface area contributed by atoms with Crippen LogP contribution in [0.2, 0.25) is 0 Å². The summed E-state index contributed by atoms with van der Waals surface area (Å²) in [6.07, 6.45) is 1.36. The van der Waals surface area contributed by atoms with Gasteiger partial charge < -0.3 is 9.47 Å². The van der Waals surface area contributed by atoms with E-state index in [0.717, 1.165) is 23.6 Å². The van der Waals surface area contributed by atoms with Gasteiger partial charge in [0.15, 0.2) is 5.16 Å². The summed E-state index contributed by atoms with van der Waals surface area (Å²) in [6.45, 7) is 6.55. The lowest BCUT2D eigenvalue weighted by atomic mass is 10.3. The second-order valence-electron chi connectivity index (χ2n) is 6.10. The summed E-state index contributed by atoms with van der Waals surface area (Å²) in [5.41, 5.74) is 1.44. The molecule has 0 radical (unpaired) electrons. The molecule has 3 rings (SSSR count). The zero-order valence-electron chi connectivity index (χ0n) is 16.3. The van der Waals surface area contributed by atoms with Crippen LogP contribution in [0.5, 0.6) is 5.75 Å². The normalized spacial score (nSPS) is 13.8. The number of carbonyl (C=O) groups is 1. The fourth-order valence-electron chi connectivity index (χ4n) is 2.92. The van der Waals surface area contributed by atoms with Crippen molar-refractivity contribution in [3.05, 3.63) is 40.3 Å². The van der Waals surface area contributed by atoms with E-state index >= 15 is 0 Å². The minimum absolute atomic E-state index is 0.0853. The van der Waals surface area contributed by atoms with Crippen LogP contribution in [0.4, 0.5) is 0 Å². The summed E-state index contributed by atoms with van der Waals surface area (Å²) in [5.74, 6) is 1.32. The first-order chi connectivity index (χ1) is 13.6. The Balaban J connectivity index is 2.04. The van der Waals surface area contributed by atoms with E-state index in [1.54, 1.807) is 23.3 Å². The van der Waals surface area contributed by atoms with E-state index in [0.29, 0.717) is 35.4 Å². The Bertz CT molecular complexity index is 896. The van der Waals surface area contributed by atoms with E-state index in [2.05, 4.69) is 0 Å². The van der Waals surface area contributed by atoms with Gasteiger partial charge in [-0.3, -0.25) is 14.2 Å². The van der Waals surface area contributed by atoms with Crippen LogP contribution in [-0.2, 0) is 16.0 Å². The molecule has 1 aromatic carbocycles. The minimum Gasteiger partial charge on any atom is -0.494 e. The van der Waals surface area contributed by atoms with Gasteiger partial charge in [0.05, 0.1) is 29.5 Å². The highest BCUT2D eigenvalue weighted by Crippen LogP contribution is 2.32. The fraction of sp³-hybridized carbons (Fsp3) is 0.450. The van der Waals surface area contributed by atoms with Gasteiger partial charge in [-0.15, -0.1) is 11.8 Å². The van der Waals surface area contributed by atoms with Crippen molar-refractivity contribution in [2.24, 2.45) is 0 Å². The molecule has 0 amide bonds. The predicted molar refractivity (Wildman–Crippen MR) is 112 cm³/mol. The summed E-state index contributed by atoms with van der Waals surface area (Å²) in [6, 6.07) is 7.36. The number of aromatic nitrogens is 2. The summed E-state index contributed by atoms with van der Waals surface area (Å²) in [5, 5.41) is 0.114. The molecule has 1 aliphatic rings. The SMILES string of the molecule is CCOC(=O)[C@@H](CC)Sc1nc2c(c(=O)n1-c1ccc(OCC)cc1)SCC2. The lowest BCUT2D eigenvalue weighted by molar-refractivity contribution is -0.142. The standard InChI is InChI=1S/C20H24N2O4S2/c1-4-16(19(24)26-6-3)28-20-21-15-11-12-27-17(15)18(23)22(20)13-7-9-14(10-8-13)25-5-2/h7-10,16H,4-6,11-12H2,1-3H3/t16-/m1/s1. The van der Waals surface area contributed by atoms with Crippen LogP contribution in [0.25, 0.3) is 5.69 Å². The van der Waals surface area contributed by atoms with Crippen molar-refractivity contribution in [1.82, 2.24) is 9.55 Å². The van der Waals surface area contributed by atoms with Gasteiger partial charge in [0.25, 0.3) is 5.56 Å². The number of ether oxygens (including phenoxy) is 2. The zero-order valence-corrected chi connectivity index (χ0v) is 17.9. The average Bonchev–Trinajstić information content (AvgIpc) is 3.16. The number of carbonyl (C=O) groups excluding carboxylic acids is 1. The molecule has 150 valence electrons. The molecule has 0 saturated heterocycles. The van der Waals surface area contributed by atoms with Crippen LogP contribution in [0.15, 0.2) is 39.1 Å². The Hall–Kier alpha value is -1.93. The highest BCUT2D eigenvalue weighted by atomic mass is 32.2. The van der Waals surface area contributed by atoms with Gasteiger partial charge in [-0.25, -0.2) is 4.98 Å². The lowest BCUT2D eigenvalue weighted by Crippen LogP contribution is -2.26. The molecule has 2 aromatic rings. The Morgan fingerprint density at radius 2 is 2.00 bits per heavy atom. The van der Waals surface area contributed by atoms with Crippen LogP contribution < -0.4 is 10.3 Å². The Morgan fingerprint density at radius 1 is 1.25 bits per heavy atom. The number of hydrogen-bond acceptors (Lipinski definition) is 7. The van der Waals surface area contributed by atoms with Crippen molar-refractivity contribution >= 4 is 29.5 Å². The molecule has 6 nitrogen and oxygen atoms in total. The molecule has 0 unspecified atom stereocenters. The summed E-state index contributed by atoms with van der Waals surface area (Å²) < 4.78 is 12.3. The number of benzene rings is 1. The smallest absolute Gasteiger partial charge is 0.319 e. The third-order valence-electron chi connectivity index (χ3n) is 4.24. The number of hydrogen-bond donors (Lipinski definition) is 0. The fourth-order valence-corrected chi connectivity index (χ4v) is 4.99. The van der Waals surface area contributed by atoms with Crippen LogP contribution in [0.1, 0.15) is 32.9 Å². The Kier molecular flexibility index (Phi) is 7.07. The molecular weight excluding hydrogens is 396 g/mol. The number of aryl methyl sites for hydroxylation is 1. The first-order valence-electron chi connectivity index (χ1n) is 9.44. The topological polar surface area (TPSA) is 70.4 Å². The van der Waals surface area contributed by atoms with E-state index in [4.69, 9.17) is 14.5 Å². The van der Waals surface area contributed by atoms with Gasteiger partial charge in [0.1, 0.15) is 11.0 Å². The van der Waals surface area contributed by atoms with Crippen LogP contribution >= 0.6 is 23.5 Å². The van der Waals surface area contributed by atoms with Crippen molar-refractivity contribution in [2.45, 2.75) is 48.9 Å². The van der Waals surface area contributed by atoms with Crippen LogP contribution in [0, 0.1) is 0 Å². The first kappa shape index (κ1) is 20.8. The van der Waals surface area contributed by atoms with Gasteiger partial charge >= 0.3 is 5.97 Å². The Morgan fingerprint density at radius 3 is 2.64 bits per heavy atom. The molecule has 0 bridgehead atoms. The molecule has 2 heterocycles. The molecule has 1 aromatic heterocycles. The molecule has 0 spiro atoms. The maximum absolute atomic E-state index is 13.2. The quantitative estimate of drug-likeness (QED) is 0.366. The maximum atomic E-state index is 13.2. The molecule has 8 heteroatoms. The van der Waals surface area contributed by atoms with Crippen molar-refractivity contribution < 1.29 is 14.3 Å². The van der Waals surface area contributed by atoms with E-state index < -0.39 is 5.25 Å². The number of esters is 1. The second-order valence-corrected chi connectivity index (χ2v) is 8.38. The Labute approximate surface area is 173 Å². The van der Waals surface area contributed by atoms with Crippen molar-refractivity contribution in [3.63, 3.8) is 0 Å². The van der Waals surface area contributed by atoms with E-state index in [9.17, 15) is 9.59 Å². The summed E-state index contributed by atoms with van der Waals surface area (Å²) >= 11 is 2.83. The molecule has 0 saturated carbocycles. The van der Waals surface area contributed by atoms with E-state index in [1.165, 1.54) is 11.8 Å². The minimum atomic E-state index is -0.409. The highest BCUT2D eigenvalue weighted by molar-refractivity contribution is 8.00.